The molecule has 0 radical (unpaired) electrons. The van der Waals surface area contributed by atoms with Gasteiger partial charge in [-0.2, -0.15) is 0 Å². The highest BCUT2D eigenvalue weighted by molar-refractivity contribution is 5.83. The molecule has 1 atom stereocenters. The minimum absolute atomic E-state index is 0.0613. The van der Waals surface area contributed by atoms with Crippen molar-refractivity contribution >= 4 is 5.91 Å². The van der Waals surface area contributed by atoms with Gasteiger partial charge in [0, 0.05) is 19.3 Å². The zero-order valence-corrected chi connectivity index (χ0v) is 10.6. The van der Waals surface area contributed by atoms with Crippen LogP contribution in [-0.4, -0.2) is 34.0 Å². The number of nitrogens with zero attached hydrogens (tertiary/aromatic N) is 3. The van der Waals surface area contributed by atoms with Crippen molar-refractivity contribution in [2.24, 2.45) is 5.73 Å². The van der Waals surface area contributed by atoms with Gasteiger partial charge in [-0.1, -0.05) is 35.5 Å². The lowest BCUT2D eigenvalue weighted by atomic mass is 9.98. The molecule has 3 N–H and O–H groups in total. The van der Waals surface area contributed by atoms with Gasteiger partial charge < -0.3 is 11.1 Å². The largest absolute Gasteiger partial charge is 0.354 e. The van der Waals surface area contributed by atoms with E-state index in [4.69, 9.17) is 5.73 Å². The molecule has 1 heterocycles. The number of hydrogen-bond acceptors (Lipinski definition) is 4. The van der Waals surface area contributed by atoms with Crippen LogP contribution in [0.25, 0.3) is 0 Å². The van der Waals surface area contributed by atoms with Crippen molar-refractivity contribution in [3.63, 3.8) is 0 Å². The predicted molar refractivity (Wildman–Crippen MR) is 71.3 cm³/mol. The number of rotatable bonds is 6. The normalized spacial score (nSPS) is 12.1. The highest BCUT2D eigenvalue weighted by Crippen LogP contribution is 2.13. The number of carbonyl (C=O) groups excluding carboxylic acids is 1. The molecule has 0 bridgehead atoms. The lowest BCUT2D eigenvalue weighted by molar-refractivity contribution is -0.122. The van der Waals surface area contributed by atoms with Crippen molar-refractivity contribution in [1.82, 2.24) is 20.3 Å². The fourth-order valence-corrected chi connectivity index (χ4v) is 1.85. The summed E-state index contributed by atoms with van der Waals surface area (Å²) in [6.07, 6.45) is 3.36. The number of nitrogens with one attached hydrogen (secondary N) is 1. The molecule has 0 aliphatic rings. The zero-order valence-electron chi connectivity index (χ0n) is 10.6. The van der Waals surface area contributed by atoms with Crippen LogP contribution in [0.4, 0.5) is 0 Å². The maximum atomic E-state index is 12.1. The SMILES string of the molecule is NCC(C(=O)NCCn1ccnn1)c1ccccc1. The Labute approximate surface area is 111 Å². The average molecular weight is 259 g/mol. The summed E-state index contributed by atoms with van der Waals surface area (Å²) in [4.78, 5) is 12.1. The van der Waals surface area contributed by atoms with E-state index in [1.807, 2.05) is 30.3 Å². The molecule has 2 rings (SSSR count). The van der Waals surface area contributed by atoms with Crippen molar-refractivity contribution in [2.75, 3.05) is 13.1 Å². The molecule has 100 valence electrons. The Morgan fingerprint density at radius 2 is 2.16 bits per heavy atom. The van der Waals surface area contributed by atoms with E-state index >= 15 is 0 Å². The molecule has 0 saturated carbocycles. The molecular weight excluding hydrogens is 242 g/mol. The topological polar surface area (TPSA) is 85.8 Å². The first-order valence-corrected chi connectivity index (χ1v) is 6.18. The fourth-order valence-electron chi connectivity index (χ4n) is 1.85. The minimum atomic E-state index is -0.308. The van der Waals surface area contributed by atoms with Crippen LogP contribution in [0.5, 0.6) is 0 Å². The fraction of sp³-hybridized carbons (Fsp3) is 0.308. The molecule has 6 heteroatoms. The second-order valence-electron chi connectivity index (χ2n) is 4.16. The summed E-state index contributed by atoms with van der Waals surface area (Å²) in [7, 11) is 0. The molecule has 19 heavy (non-hydrogen) atoms. The minimum Gasteiger partial charge on any atom is -0.354 e. The van der Waals surface area contributed by atoms with Crippen molar-refractivity contribution in [3.05, 3.63) is 48.3 Å². The highest BCUT2D eigenvalue weighted by atomic mass is 16.1. The molecule has 1 aromatic heterocycles. The second kappa shape index (κ2) is 6.65. The summed E-state index contributed by atoms with van der Waals surface area (Å²) in [5.41, 5.74) is 6.62. The van der Waals surface area contributed by atoms with Gasteiger partial charge in [0.1, 0.15) is 0 Å². The smallest absolute Gasteiger partial charge is 0.228 e. The second-order valence-corrected chi connectivity index (χ2v) is 4.16. The van der Waals surface area contributed by atoms with Gasteiger partial charge in [-0.3, -0.25) is 9.48 Å². The predicted octanol–water partition coefficient (Wildman–Crippen LogP) is 0.137. The standard InChI is InChI=1S/C13H17N5O/c14-10-12(11-4-2-1-3-5-11)13(19)15-6-8-18-9-7-16-17-18/h1-5,7,9,12H,6,8,10,14H2,(H,15,19). The number of hydrogen-bond donors (Lipinski definition) is 2. The van der Waals surface area contributed by atoms with Gasteiger partial charge >= 0.3 is 0 Å². The van der Waals surface area contributed by atoms with Crippen LogP contribution in [0.15, 0.2) is 42.7 Å². The van der Waals surface area contributed by atoms with Crippen LogP contribution in [-0.2, 0) is 11.3 Å². The highest BCUT2D eigenvalue weighted by Gasteiger charge is 2.17. The van der Waals surface area contributed by atoms with Crippen molar-refractivity contribution in [1.29, 1.82) is 0 Å². The molecule has 0 aliphatic heterocycles. The Hall–Kier alpha value is -2.21. The van der Waals surface area contributed by atoms with Crippen LogP contribution in [0.2, 0.25) is 0 Å². The van der Waals surface area contributed by atoms with E-state index in [0.717, 1.165) is 5.56 Å². The van der Waals surface area contributed by atoms with Gasteiger partial charge in [0.25, 0.3) is 0 Å². The summed E-state index contributed by atoms with van der Waals surface area (Å²) >= 11 is 0. The summed E-state index contributed by atoms with van der Waals surface area (Å²) < 4.78 is 1.67. The first-order chi connectivity index (χ1) is 9.31. The van der Waals surface area contributed by atoms with Crippen LogP contribution in [0.1, 0.15) is 11.5 Å². The summed E-state index contributed by atoms with van der Waals surface area (Å²) in [5.74, 6) is -0.370. The summed E-state index contributed by atoms with van der Waals surface area (Å²) in [6, 6.07) is 9.55. The van der Waals surface area contributed by atoms with E-state index < -0.39 is 0 Å². The molecule has 6 nitrogen and oxygen atoms in total. The quantitative estimate of drug-likeness (QED) is 0.772. The maximum absolute atomic E-state index is 12.1. The van der Waals surface area contributed by atoms with Crippen molar-refractivity contribution in [2.45, 2.75) is 12.5 Å². The van der Waals surface area contributed by atoms with Crippen LogP contribution < -0.4 is 11.1 Å². The Kier molecular flexibility index (Phi) is 4.63. The van der Waals surface area contributed by atoms with E-state index in [-0.39, 0.29) is 11.8 Å². The van der Waals surface area contributed by atoms with Gasteiger partial charge in [0.15, 0.2) is 0 Å². The number of carbonyl (C=O) groups is 1. The molecule has 0 aliphatic carbocycles. The number of benzene rings is 1. The molecule has 1 unspecified atom stereocenters. The molecular formula is C13H17N5O. The van der Waals surface area contributed by atoms with Gasteiger partial charge in [-0.25, -0.2) is 0 Å². The number of nitrogens with two attached hydrogens (primary N) is 1. The third kappa shape index (κ3) is 3.62. The van der Waals surface area contributed by atoms with E-state index in [1.165, 1.54) is 0 Å². The Morgan fingerprint density at radius 1 is 1.37 bits per heavy atom. The van der Waals surface area contributed by atoms with Gasteiger partial charge in [0.2, 0.25) is 5.91 Å². The molecule has 0 fully saturated rings. The van der Waals surface area contributed by atoms with E-state index in [2.05, 4.69) is 15.6 Å². The van der Waals surface area contributed by atoms with Crippen LogP contribution in [0, 0.1) is 0 Å². The third-order valence-corrected chi connectivity index (χ3v) is 2.87. The molecule has 0 saturated heterocycles. The Morgan fingerprint density at radius 3 is 2.79 bits per heavy atom. The summed E-state index contributed by atoms with van der Waals surface area (Å²) in [5, 5.41) is 10.4. The zero-order chi connectivity index (χ0) is 13.5. The molecule has 1 amide bonds. The summed E-state index contributed by atoms with van der Waals surface area (Å²) in [6.45, 7) is 1.39. The third-order valence-electron chi connectivity index (χ3n) is 2.87. The average Bonchev–Trinajstić information content (AvgIpc) is 2.94. The lowest BCUT2D eigenvalue weighted by Crippen LogP contribution is -2.35. The van der Waals surface area contributed by atoms with Crippen molar-refractivity contribution < 1.29 is 4.79 Å². The van der Waals surface area contributed by atoms with Gasteiger partial charge in [-0.05, 0) is 5.56 Å². The van der Waals surface area contributed by atoms with Crippen molar-refractivity contribution in [3.8, 4) is 0 Å². The monoisotopic (exact) mass is 259 g/mol. The van der Waals surface area contributed by atoms with E-state index in [9.17, 15) is 4.79 Å². The lowest BCUT2D eigenvalue weighted by Gasteiger charge is -2.15. The Bertz CT molecular complexity index is 497. The number of aromatic nitrogens is 3. The molecule has 0 spiro atoms. The van der Waals surface area contributed by atoms with E-state index in [1.54, 1.807) is 17.1 Å². The molecule has 2 aromatic rings. The maximum Gasteiger partial charge on any atom is 0.228 e. The van der Waals surface area contributed by atoms with Crippen LogP contribution in [0.3, 0.4) is 0 Å². The van der Waals surface area contributed by atoms with Crippen LogP contribution >= 0.6 is 0 Å². The number of amides is 1. The first kappa shape index (κ1) is 13.2. The molecule has 1 aromatic carbocycles. The van der Waals surface area contributed by atoms with Gasteiger partial charge in [0.05, 0.1) is 18.7 Å². The first-order valence-electron chi connectivity index (χ1n) is 6.18. The van der Waals surface area contributed by atoms with Gasteiger partial charge in [-0.15, -0.1) is 5.10 Å². The Balaban J connectivity index is 1.87. The van der Waals surface area contributed by atoms with E-state index in [0.29, 0.717) is 19.6 Å².